The average molecular weight is 224 g/mol. The number of allylic oxidation sites excluding steroid dienone is 1. The maximum atomic E-state index is 11.9. The van der Waals surface area contributed by atoms with E-state index in [4.69, 9.17) is 0 Å². The Labute approximate surface area is 96.7 Å². The third-order valence-corrected chi connectivity index (χ3v) is 2.57. The number of hydrogen-bond acceptors (Lipinski definition) is 3. The van der Waals surface area contributed by atoms with Crippen LogP contribution in [0.5, 0.6) is 0 Å². The van der Waals surface area contributed by atoms with E-state index in [2.05, 4.69) is 5.32 Å². The lowest BCUT2D eigenvalue weighted by molar-refractivity contribution is -0.140. The zero-order chi connectivity index (χ0) is 12.3. The molecule has 2 amide bonds. The van der Waals surface area contributed by atoms with Gasteiger partial charge in [0.05, 0.1) is 12.5 Å². The average Bonchev–Trinajstić information content (AvgIpc) is 2.41. The largest absolute Gasteiger partial charge is 0.302 e. The van der Waals surface area contributed by atoms with Crippen molar-refractivity contribution in [1.82, 2.24) is 10.2 Å². The van der Waals surface area contributed by atoms with Gasteiger partial charge in [0.1, 0.15) is 0 Å². The number of imide groups is 1. The van der Waals surface area contributed by atoms with E-state index < -0.39 is 0 Å². The number of amides is 2. The molecular weight excluding hydrogens is 204 g/mol. The van der Waals surface area contributed by atoms with Crippen LogP contribution >= 0.6 is 0 Å². The molecule has 0 saturated carbocycles. The predicted octanol–water partition coefficient (Wildman–Crippen LogP) is 1.08. The Kier molecular flexibility index (Phi) is 4.24. The van der Waals surface area contributed by atoms with Gasteiger partial charge >= 0.3 is 0 Å². The van der Waals surface area contributed by atoms with Crippen LogP contribution in [0.1, 0.15) is 34.1 Å². The minimum atomic E-state index is -0.342. The Balaban J connectivity index is 2.56. The van der Waals surface area contributed by atoms with E-state index in [1.807, 2.05) is 33.8 Å². The van der Waals surface area contributed by atoms with Crippen molar-refractivity contribution in [1.29, 1.82) is 0 Å². The van der Waals surface area contributed by atoms with Gasteiger partial charge in [0.25, 0.3) is 0 Å². The molecule has 1 atom stereocenters. The van der Waals surface area contributed by atoms with Crippen LogP contribution < -0.4 is 5.32 Å². The van der Waals surface area contributed by atoms with E-state index in [0.29, 0.717) is 6.54 Å². The van der Waals surface area contributed by atoms with Crippen molar-refractivity contribution in [3.05, 3.63) is 11.6 Å². The first-order valence-corrected chi connectivity index (χ1v) is 5.66. The Morgan fingerprint density at radius 3 is 2.56 bits per heavy atom. The van der Waals surface area contributed by atoms with Crippen LogP contribution in [0.3, 0.4) is 0 Å². The van der Waals surface area contributed by atoms with Gasteiger partial charge in [-0.3, -0.25) is 14.5 Å². The van der Waals surface area contributed by atoms with E-state index in [-0.39, 0.29) is 30.3 Å². The molecular formula is C12H20N2O2. The predicted molar refractivity (Wildman–Crippen MR) is 62.8 cm³/mol. The fourth-order valence-corrected chi connectivity index (χ4v) is 1.76. The molecule has 0 aromatic heterocycles. The van der Waals surface area contributed by atoms with Crippen LogP contribution in [0, 0.1) is 0 Å². The molecule has 1 unspecified atom stereocenters. The van der Waals surface area contributed by atoms with Crippen LogP contribution in [0.25, 0.3) is 0 Å². The topological polar surface area (TPSA) is 49.4 Å². The molecule has 0 aromatic carbocycles. The quantitative estimate of drug-likeness (QED) is 0.574. The molecule has 0 spiro atoms. The number of hydrogen-bond donors (Lipinski definition) is 1. The van der Waals surface area contributed by atoms with Gasteiger partial charge in [0.15, 0.2) is 0 Å². The molecule has 0 aliphatic carbocycles. The van der Waals surface area contributed by atoms with Gasteiger partial charge in [-0.2, -0.15) is 0 Å². The van der Waals surface area contributed by atoms with Crippen molar-refractivity contribution in [3.8, 4) is 0 Å². The summed E-state index contributed by atoms with van der Waals surface area (Å²) in [5.74, 6) is -0.170. The molecule has 90 valence electrons. The molecule has 0 radical (unpaired) electrons. The SMILES string of the molecule is CC(C)=CCNC1CC(=O)N(C(C)C)C1=O. The molecule has 1 aliphatic rings. The number of carbonyl (C=O) groups is 2. The molecule has 1 heterocycles. The van der Waals surface area contributed by atoms with Crippen molar-refractivity contribution in [3.63, 3.8) is 0 Å². The molecule has 0 bridgehead atoms. The molecule has 4 nitrogen and oxygen atoms in total. The lowest BCUT2D eigenvalue weighted by Crippen LogP contribution is -2.41. The molecule has 4 heteroatoms. The molecule has 1 aliphatic heterocycles. The summed E-state index contributed by atoms with van der Waals surface area (Å²) < 4.78 is 0. The standard InChI is InChI=1S/C12H20N2O2/c1-8(2)5-6-13-10-7-11(15)14(9(3)4)12(10)16/h5,9-10,13H,6-7H2,1-4H3. The highest BCUT2D eigenvalue weighted by Crippen LogP contribution is 2.15. The van der Waals surface area contributed by atoms with E-state index in [0.717, 1.165) is 0 Å². The normalized spacial score (nSPS) is 20.8. The van der Waals surface area contributed by atoms with Crippen LogP contribution in [-0.2, 0) is 9.59 Å². The van der Waals surface area contributed by atoms with Crippen LogP contribution in [0.15, 0.2) is 11.6 Å². The van der Waals surface area contributed by atoms with Gasteiger partial charge in [-0.1, -0.05) is 11.6 Å². The van der Waals surface area contributed by atoms with Gasteiger partial charge in [0.2, 0.25) is 11.8 Å². The fraction of sp³-hybridized carbons (Fsp3) is 0.667. The molecule has 1 rings (SSSR count). The number of rotatable bonds is 4. The number of likely N-dealkylation sites (tertiary alicyclic amines) is 1. The van der Waals surface area contributed by atoms with Gasteiger partial charge in [-0.15, -0.1) is 0 Å². The summed E-state index contributed by atoms with van der Waals surface area (Å²) >= 11 is 0. The lowest BCUT2D eigenvalue weighted by atomic mass is 10.2. The molecule has 1 saturated heterocycles. The summed E-state index contributed by atoms with van der Waals surface area (Å²) in [5, 5.41) is 3.09. The van der Waals surface area contributed by atoms with Crippen molar-refractivity contribution < 1.29 is 9.59 Å². The molecule has 0 aromatic rings. The lowest BCUT2D eigenvalue weighted by Gasteiger charge is -2.19. The fourth-order valence-electron chi connectivity index (χ4n) is 1.76. The zero-order valence-corrected chi connectivity index (χ0v) is 10.4. The maximum Gasteiger partial charge on any atom is 0.247 e. The Morgan fingerprint density at radius 2 is 2.12 bits per heavy atom. The first-order valence-electron chi connectivity index (χ1n) is 5.66. The maximum absolute atomic E-state index is 11.9. The van der Waals surface area contributed by atoms with Crippen molar-refractivity contribution >= 4 is 11.8 Å². The first-order chi connectivity index (χ1) is 7.43. The second-order valence-electron chi connectivity index (χ2n) is 4.64. The van der Waals surface area contributed by atoms with E-state index in [1.54, 1.807) is 0 Å². The van der Waals surface area contributed by atoms with Crippen LogP contribution in [0.4, 0.5) is 0 Å². The Morgan fingerprint density at radius 1 is 1.50 bits per heavy atom. The second kappa shape index (κ2) is 5.25. The summed E-state index contributed by atoms with van der Waals surface area (Å²) in [6.45, 7) is 8.36. The Bertz CT molecular complexity index is 317. The minimum absolute atomic E-state index is 0.0461. The van der Waals surface area contributed by atoms with Crippen molar-refractivity contribution in [2.45, 2.75) is 46.2 Å². The van der Waals surface area contributed by atoms with Gasteiger partial charge < -0.3 is 5.32 Å². The second-order valence-corrected chi connectivity index (χ2v) is 4.64. The summed E-state index contributed by atoms with van der Waals surface area (Å²) in [6, 6.07) is -0.388. The van der Waals surface area contributed by atoms with Crippen molar-refractivity contribution in [2.24, 2.45) is 0 Å². The van der Waals surface area contributed by atoms with Gasteiger partial charge in [0, 0.05) is 12.6 Å². The van der Waals surface area contributed by atoms with Crippen molar-refractivity contribution in [2.75, 3.05) is 6.54 Å². The highest BCUT2D eigenvalue weighted by molar-refractivity contribution is 6.05. The van der Waals surface area contributed by atoms with E-state index in [1.165, 1.54) is 10.5 Å². The minimum Gasteiger partial charge on any atom is -0.302 e. The van der Waals surface area contributed by atoms with E-state index in [9.17, 15) is 9.59 Å². The smallest absolute Gasteiger partial charge is 0.247 e. The monoisotopic (exact) mass is 224 g/mol. The number of nitrogens with one attached hydrogen (secondary N) is 1. The summed E-state index contributed by atoms with van der Waals surface area (Å²) in [5.41, 5.74) is 1.20. The Hall–Kier alpha value is -1.16. The molecule has 1 fully saturated rings. The molecule has 1 N–H and O–H groups in total. The van der Waals surface area contributed by atoms with Gasteiger partial charge in [-0.05, 0) is 27.7 Å². The van der Waals surface area contributed by atoms with E-state index >= 15 is 0 Å². The summed E-state index contributed by atoms with van der Waals surface area (Å²) in [6.07, 6.45) is 2.30. The highest BCUT2D eigenvalue weighted by atomic mass is 16.2. The molecule has 16 heavy (non-hydrogen) atoms. The van der Waals surface area contributed by atoms with Gasteiger partial charge in [-0.25, -0.2) is 0 Å². The zero-order valence-electron chi connectivity index (χ0n) is 10.4. The third-order valence-electron chi connectivity index (χ3n) is 2.57. The highest BCUT2D eigenvalue weighted by Gasteiger charge is 2.39. The van der Waals surface area contributed by atoms with Crippen LogP contribution in [0.2, 0.25) is 0 Å². The summed E-state index contributed by atoms with van der Waals surface area (Å²) in [4.78, 5) is 24.8. The number of carbonyl (C=O) groups excluding carboxylic acids is 2. The number of nitrogens with zero attached hydrogens (tertiary/aromatic N) is 1. The first kappa shape index (κ1) is 12.9. The summed E-state index contributed by atoms with van der Waals surface area (Å²) in [7, 11) is 0. The van der Waals surface area contributed by atoms with Crippen LogP contribution in [-0.4, -0.2) is 35.3 Å². The third kappa shape index (κ3) is 2.92.